The number of rotatable bonds is 4. The number of ether oxygens (including phenoxy) is 2. The van der Waals surface area contributed by atoms with E-state index in [2.05, 4.69) is 30.1 Å². The molecule has 1 spiro atoms. The predicted molar refractivity (Wildman–Crippen MR) is 103 cm³/mol. The Morgan fingerprint density at radius 2 is 2.16 bits per heavy atom. The van der Waals surface area contributed by atoms with Crippen LogP contribution in [-0.2, 0) is 9.47 Å². The number of nitrogens with two attached hydrogens (primary N) is 1. The molecule has 1 saturated carbocycles. The summed E-state index contributed by atoms with van der Waals surface area (Å²) in [6.07, 6.45) is 15.1. The van der Waals surface area contributed by atoms with E-state index in [1.54, 1.807) is 5.57 Å². The summed E-state index contributed by atoms with van der Waals surface area (Å²) < 4.78 is 11.2. The summed E-state index contributed by atoms with van der Waals surface area (Å²) in [4.78, 5) is 4.43. The fraction of sp³-hybridized carbons (Fsp3) is 0.700. The molecular weight excluding hydrogens is 332 g/mol. The van der Waals surface area contributed by atoms with Crippen LogP contribution in [-0.4, -0.2) is 30.3 Å². The summed E-state index contributed by atoms with van der Waals surface area (Å²) in [5.41, 5.74) is 8.95. The third-order valence-electron chi connectivity index (χ3n) is 6.54. The Kier molecular flexibility index (Phi) is 4.59. The van der Waals surface area contributed by atoms with Crippen molar-refractivity contribution in [2.75, 3.05) is 13.2 Å². The minimum atomic E-state index is -0.0117. The van der Waals surface area contributed by atoms with Crippen LogP contribution in [0.2, 0.25) is 0 Å². The molecule has 0 aromatic carbocycles. The zero-order valence-electron chi connectivity index (χ0n) is 15.0. The second-order valence-corrected chi connectivity index (χ2v) is 8.75. The number of hydrogen-bond acceptors (Lipinski definition) is 3. The molecule has 0 aromatic rings. The van der Waals surface area contributed by atoms with Gasteiger partial charge >= 0.3 is 0 Å². The quantitative estimate of drug-likeness (QED) is 0.610. The Morgan fingerprint density at radius 3 is 2.92 bits per heavy atom. The van der Waals surface area contributed by atoms with Crippen LogP contribution >= 0.6 is 12.2 Å². The van der Waals surface area contributed by atoms with E-state index < -0.39 is 0 Å². The molecule has 4 rings (SSSR count). The third-order valence-corrected chi connectivity index (χ3v) is 6.63. The van der Waals surface area contributed by atoms with Gasteiger partial charge in [-0.05, 0) is 80.0 Å². The average molecular weight is 361 g/mol. The minimum Gasteiger partial charge on any atom is -0.374 e. The Labute approximate surface area is 155 Å². The van der Waals surface area contributed by atoms with Crippen LogP contribution < -0.4 is 5.73 Å². The molecule has 1 heterocycles. The van der Waals surface area contributed by atoms with Crippen LogP contribution in [0.5, 0.6) is 0 Å². The number of nitrogens with zero attached hydrogens (tertiary/aromatic N) is 1. The van der Waals surface area contributed by atoms with Crippen LogP contribution in [0, 0.1) is 16.7 Å². The number of allylic oxidation sites excluding steroid dienone is 4. The highest BCUT2D eigenvalue weighted by Gasteiger charge is 2.54. The van der Waals surface area contributed by atoms with Crippen LogP contribution in [0.4, 0.5) is 0 Å². The Balaban J connectivity index is 1.56. The van der Waals surface area contributed by atoms with Gasteiger partial charge in [-0.2, -0.15) is 0 Å². The second kappa shape index (κ2) is 6.60. The van der Waals surface area contributed by atoms with E-state index in [9.17, 15) is 0 Å². The largest absolute Gasteiger partial charge is 0.374 e. The van der Waals surface area contributed by atoms with Crippen molar-refractivity contribution < 1.29 is 9.47 Å². The van der Waals surface area contributed by atoms with Crippen LogP contribution in [0.25, 0.3) is 0 Å². The molecule has 1 aliphatic heterocycles. The van der Waals surface area contributed by atoms with Gasteiger partial charge in [0.25, 0.3) is 0 Å². The SMILES string of the molecule is C[C@@]12C=CC3CC(=NC(N)=S)C=C(CCCC4OCCO4)[C@]3(CC1)C2. The lowest BCUT2D eigenvalue weighted by Gasteiger charge is -2.45. The van der Waals surface area contributed by atoms with E-state index >= 15 is 0 Å². The minimum absolute atomic E-state index is 0.0117. The van der Waals surface area contributed by atoms with Crippen molar-refractivity contribution in [3.63, 3.8) is 0 Å². The molecule has 0 radical (unpaired) electrons. The van der Waals surface area contributed by atoms with Gasteiger partial charge in [0, 0.05) is 5.71 Å². The van der Waals surface area contributed by atoms with Crippen LogP contribution in [0.3, 0.4) is 0 Å². The molecule has 3 atom stereocenters. The number of thiocarbonyl (C=S) groups is 1. The first-order chi connectivity index (χ1) is 12.0. The topological polar surface area (TPSA) is 56.8 Å². The lowest BCUT2D eigenvalue weighted by Crippen LogP contribution is -2.38. The summed E-state index contributed by atoms with van der Waals surface area (Å²) >= 11 is 5.01. The summed E-state index contributed by atoms with van der Waals surface area (Å²) in [5, 5.41) is 0.241. The van der Waals surface area contributed by atoms with Gasteiger partial charge in [-0.1, -0.05) is 24.6 Å². The predicted octanol–water partition coefficient (Wildman–Crippen LogP) is 3.91. The van der Waals surface area contributed by atoms with Gasteiger partial charge in [0.15, 0.2) is 11.4 Å². The van der Waals surface area contributed by atoms with E-state index in [4.69, 9.17) is 27.4 Å². The highest BCUT2D eigenvalue weighted by atomic mass is 32.1. The summed E-state index contributed by atoms with van der Waals surface area (Å²) in [6.45, 7) is 3.87. The molecular formula is C20H28N2O2S. The molecule has 2 N–H and O–H groups in total. The van der Waals surface area contributed by atoms with Crippen molar-refractivity contribution in [3.05, 3.63) is 23.8 Å². The van der Waals surface area contributed by atoms with Gasteiger partial charge in [0.2, 0.25) is 0 Å². The number of fused-ring (bicyclic) bond motifs is 1. The van der Waals surface area contributed by atoms with Crippen molar-refractivity contribution in [3.8, 4) is 0 Å². The monoisotopic (exact) mass is 360 g/mol. The Morgan fingerprint density at radius 1 is 1.36 bits per heavy atom. The van der Waals surface area contributed by atoms with Crippen molar-refractivity contribution in [2.45, 2.75) is 58.2 Å². The van der Waals surface area contributed by atoms with E-state index in [1.165, 1.54) is 19.3 Å². The molecule has 25 heavy (non-hydrogen) atoms. The van der Waals surface area contributed by atoms with Gasteiger partial charge in [-0.3, -0.25) is 0 Å². The third kappa shape index (κ3) is 3.34. The Bertz CT molecular complexity index is 650. The standard InChI is InChI=1S/C20H28N2O2S/c1-19-6-5-15-12-16(22-18(21)25)11-14(20(15,13-19)8-7-19)3-2-4-17-23-9-10-24-17/h5-6,11,15,17H,2-4,7-10,12-13H2,1H3,(H2,21,25)/t15?,19-,20+/m1/s1. The van der Waals surface area contributed by atoms with Gasteiger partial charge in [-0.25, -0.2) is 4.99 Å². The summed E-state index contributed by atoms with van der Waals surface area (Å²) in [6, 6.07) is 0. The molecule has 4 aliphatic rings. The van der Waals surface area contributed by atoms with E-state index in [-0.39, 0.29) is 11.4 Å². The molecule has 0 aromatic heterocycles. The highest BCUT2D eigenvalue weighted by Crippen LogP contribution is 2.63. The average Bonchev–Trinajstić information content (AvgIpc) is 3.15. The molecule has 2 bridgehead atoms. The molecule has 136 valence electrons. The molecule has 2 fully saturated rings. The molecule has 3 aliphatic carbocycles. The van der Waals surface area contributed by atoms with E-state index in [0.717, 1.165) is 44.6 Å². The van der Waals surface area contributed by atoms with Crippen molar-refractivity contribution in [1.29, 1.82) is 0 Å². The van der Waals surface area contributed by atoms with E-state index in [0.29, 0.717) is 16.7 Å². The highest BCUT2D eigenvalue weighted by molar-refractivity contribution is 7.80. The zero-order chi connectivity index (χ0) is 17.5. The normalized spacial score (nSPS) is 38.8. The van der Waals surface area contributed by atoms with Crippen molar-refractivity contribution in [1.82, 2.24) is 0 Å². The van der Waals surface area contributed by atoms with Gasteiger partial charge in [-0.15, -0.1) is 0 Å². The summed E-state index contributed by atoms with van der Waals surface area (Å²) in [7, 11) is 0. The lowest BCUT2D eigenvalue weighted by atomic mass is 9.59. The van der Waals surface area contributed by atoms with Crippen molar-refractivity contribution in [2.24, 2.45) is 27.5 Å². The maximum atomic E-state index is 5.68. The molecule has 5 heteroatoms. The molecule has 1 saturated heterocycles. The number of hydrogen-bond donors (Lipinski definition) is 1. The maximum absolute atomic E-state index is 5.68. The first kappa shape index (κ1) is 17.4. The first-order valence-corrected chi connectivity index (χ1v) is 9.91. The van der Waals surface area contributed by atoms with Crippen LogP contribution in [0.1, 0.15) is 51.9 Å². The van der Waals surface area contributed by atoms with E-state index in [1.807, 2.05) is 0 Å². The summed E-state index contributed by atoms with van der Waals surface area (Å²) in [5.74, 6) is 0.537. The van der Waals surface area contributed by atoms with Crippen molar-refractivity contribution >= 4 is 23.0 Å². The molecule has 1 unspecified atom stereocenters. The van der Waals surface area contributed by atoms with Gasteiger partial charge in [0.05, 0.1) is 13.2 Å². The Hall–Kier alpha value is -1.04. The lowest BCUT2D eigenvalue weighted by molar-refractivity contribution is -0.0478. The van der Waals surface area contributed by atoms with Gasteiger partial charge in [0.1, 0.15) is 0 Å². The first-order valence-electron chi connectivity index (χ1n) is 9.50. The number of aliphatic imine (C=N–C) groups is 1. The van der Waals surface area contributed by atoms with Crippen LogP contribution in [0.15, 0.2) is 28.8 Å². The maximum Gasteiger partial charge on any atom is 0.190 e. The fourth-order valence-electron chi connectivity index (χ4n) is 5.38. The molecule has 0 amide bonds. The van der Waals surface area contributed by atoms with Gasteiger partial charge < -0.3 is 15.2 Å². The fourth-order valence-corrected chi connectivity index (χ4v) is 5.49. The molecule has 4 nitrogen and oxygen atoms in total. The second-order valence-electron chi connectivity index (χ2n) is 8.33. The smallest absolute Gasteiger partial charge is 0.190 e. The zero-order valence-corrected chi connectivity index (χ0v) is 15.8.